The number of aromatic amines is 1. The van der Waals surface area contributed by atoms with E-state index in [-0.39, 0.29) is 12.0 Å². The molecule has 0 bridgehead atoms. The first-order valence-corrected chi connectivity index (χ1v) is 8.81. The van der Waals surface area contributed by atoms with Crippen molar-refractivity contribution in [3.8, 4) is 5.88 Å². The van der Waals surface area contributed by atoms with Crippen LogP contribution in [0.25, 0.3) is 0 Å². The minimum absolute atomic E-state index is 0.158. The molecule has 2 fully saturated rings. The number of piperidine rings is 1. The fraction of sp³-hybridized carbons (Fsp3) is 0.706. The summed E-state index contributed by atoms with van der Waals surface area (Å²) in [6.07, 6.45) is 4.25. The van der Waals surface area contributed by atoms with Gasteiger partial charge in [0.1, 0.15) is 5.82 Å². The molecule has 0 amide bonds. The van der Waals surface area contributed by atoms with Gasteiger partial charge in [0, 0.05) is 38.6 Å². The molecule has 138 valence electrons. The number of ether oxygens (including phenoxy) is 3. The zero-order chi connectivity index (χ0) is 17.9. The predicted octanol–water partition coefficient (Wildman–Crippen LogP) is 1.25. The van der Waals surface area contributed by atoms with Crippen LogP contribution in [0.2, 0.25) is 0 Å². The number of rotatable bonds is 7. The predicted molar refractivity (Wildman–Crippen MR) is 90.9 cm³/mol. The normalized spacial score (nSPS) is 19.5. The fourth-order valence-corrected chi connectivity index (χ4v) is 3.04. The third-order valence-electron chi connectivity index (χ3n) is 4.61. The molecule has 0 radical (unpaired) electrons. The molecule has 8 heteroatoms. The van der Waals surface area contributed by atoms with Crippen molar-refractivity contribution in [2.45, 2.75) is 50.7 Å². The Bertz CT molecular complexity index is 662. The third kappa shape index (κ3) is 4.12. The first-order chi connectivity index (χ1) is 12.1. The fourth-order valence-electron chi connectivity index (χ4n) is 3.04. The van der Waals surface area contributed by atoms with Gasteiger partial charge in [0.05, 0.1) is 13.2 Å². The number of esters is 1. The van der Waals surface area contributed by atoms with Gasteiger partial charge in [-0.05, 0) is 19.3 Å². The lowest BCUT2D eigenvalue weighted by Gasteiger charge is -2.33. The Kier molecular flexibility index (Phi) is 5.27. The molecule has 1 aliphatic heterocycles. The first-order valence-electron chi connectivity index (χ1n) is 8.81. The van der Waals surface area contributed by atoms with Crippen LogP contribution >= 0.6 is 0 Å². The Morgan fingerprint density at radius 1 is 1.40 bits per heavy atom. The zero-order valence-corrected chi connectivity index (χ0v) is 14.7. The summed E-state index contributed by atoms with van der Waals surface area (Å²) in [5, 5.41) is 0. The van der Waals surface area contributed by atoms with E-state index in [4.69, 9.17) is 14.2 Å². The molecule has 0 aromatic carbocycles. The van der Waals surface area contributed by atoms with Crippen LogP contribution < -0.4 is 15.3 Å². The second-order valence-corrected chi connectivity index (χ2v) is 6.55. The highest BCUT2D eigenvalue weighted by molar-refractivity contribution is 5.83. The third-order valence-corrected chi connectivity index (χ3v) is 4.61. The van der Waals surface area contributed by atoms with E-state index in [1.54, 1.807) is 6.07 Å². The quantitative estimate of drug-likeness (QED) is 0.739. The summed E-state index contributed by atoms with van der Waals surface area (Å²) in [6, 6.07) is 1.68. The van der Waals surface area contributed by atoms with Crippen molar-refractivity contribution in [1.29, 1.82) is 0 Å². The lowest BCUT2D eigenvalue weighted by Crippen LogP contribution is -2.38. The molecule has 1 saturated heterocycles. The van der Waals surface area contributed by atoms with Crippen LogP contribution in [0.3, 0.4) is 0 Å². The van der Waals surface area contributed by atoms with E-state index in [0.717, 1.165) is 39.0 Å². The minimum atomic E-state index is -0.978. The Hall–Kier alpha value is -2.09. The molecular formula is C17H25N3O5. The van der Waals surface area contributed by atoms with Crippen LogP contribution in [0, 0.1) is 0 Å². The highest BCUT2D eigenvalue weighted by atomic mass is 16.6. The second kappa shape index (κ2) is 7.43. The maximum atomic E-state index is 11.9. The Morgan fingerprint density at radius 2 is 2.12 bits per heavy atom. The average molecular weight is 351 g/mol. The van der Waals surface area contributed by atoms with Crippen LogP contribution in [-0.4, -0.2) is 54.4 Å². The number of carbonyl (C=O) groups is 1. The average Bonchev–Trinajstić information content (AvgIpc) is 3.39. The van der Waals surface area contributed by atoms with Gasteiger partial charge in [-0.3, -0.25) is 4.98 Å². The van der Waals surface area contributed by atoms with Gasteiger partial charge in [0.2, 0.25) is 11.5 Å². The number of carbonyl (C=O) groups excluding carboxylic acids is 1. The van der Waals surface area contributed by atoms with Crippen molar-refractivity contribution < 1.29 is 19.0 Å². The summed E-state index contributed by atoms with van der Waals surface area (Å²) in [6.45, 7) is 4.45. The molecule has 2 heterocycles. The number of hydrogen-bond donors (Lipinski definition) is 1. The molecule has 1 saturated carbocycles. The smallest absolute Gasteiger partial charge is 0.350 e. The van der Waals surface area contributed by atoms with Crippen molar-refractivity contribution in [1.82, 2.24) is 9.97 Å². The van der Waals surface area contributed by atoms with Gasteiger partial charge in [0.15, 0.2) is 0 Å². The van der Waals surface area contributed by atoms with Gasteiger partial charge >= 0.3 is 11.7 Å². The molecule has 0 spiro atoms. The van der Waals surface area contributed by atoms with E-state index in [0.29, 0.717) is 18.7 Å². The summed E-state index contributed by atoms with van der Waals surface area (Å²) in [7, 11) is 1.33. The van der Waals surface area contributed by atoms with Crippen LogP contribution in [0.1, 0.15) is 39.0 Å². The van der Waals surface area contributed by atoms with Crippen LogP contribution in [0.15, 0.2) is 10.9 Å². The maximum Gasteiger partial charge on any atom is 0.350 e. The minimum Gasteiger partial charge on any atom is -0.466 e. The molecule has 1 aromatic heterocycles. The van der Waals surface area contributed by atoms with Crippen molar-refractivity contribution in [3.63, 3.8) is 0 Å². The highest BCUT2D eigenvalue weighted by Gasteiger charge is 2.54. The summed E-state index contributed by atoms with van der Waals surface area (Å²) >= 11 is 0. The van der Waals surface area contributed by atoms with E-state index < -0.39 is 17.3 Å². The second-order valence-electron chi connectivity index (χ2n) is 6.55. The molecule has 8 nitrogen and oxygen atoms in total. The van der Waals surface area contributed by atoms with E-state index in [9.17, 15) is 9.59 Å². The zero-order valence-electron chi connectivity index (χ0n) is 14.7. The highest BCUT2D eigenvalue weighted by Crippen LogP contribution is 2.41. The maximum absolute atomic E-state index is 11.9. The Labute approximate surface area is 146 Å². The molecule has 1 N–H and O–H groups in total. The van der Waals surface area contributed by atoms with E-state index in [1.807, 2.05) is 0 Å². The number of nitrogens with one attached hydrogen (secondary N) is 1. The summed E-state index contributed by atoms with van der Waals surface area (Å²) < 4.78 is 16.3. The summed E-state index contributed by atoms with van der Waals surface area (Å²) in [4.78, 5) is 32.4. The van der Waals surface area contributed by atoms with Gasteiger partial charge < -0.3 is 19.1 Å². The van der Waals surface area contributed by atoms with Crippen molar-refractivity contribution in [3.05, 3.63) is 16.6 Å². The molecule has 0 unspecified atom stereocenters. The lowest BCUT2D eigenvalue weighted by molar-refractivity contribution is -0.151. The topological polar surface area (TPSA) is 93.8 Å². The Balaban J connectivity index is 1.66. The first kappa shape index (κ1) is 17.7. The summed E-state index contributed by atoms with van der Waals surface area (Å²) in [5.74, 6) is 0.389. The van der Waals surface area contributed by atoms with Crippen molar-refractivity contribution >= 4 is 11.8 Å². The number of nitrogens with zero attached hydrogens (tertiary/aromatic N) is 2. The van der Waals surface area contributed by atoms with Crippen LogP contribution in [0.4, 0.5) is 5.82 Å². The SMILES string of the molecule is CCCOC1CCN(c2cc(OC3(C(=O)OC)CC3)nc(=O)[nH]2)CC1. The van der Waals surface area contributed by atoms with E-state index in [1.165, 1.54) is 7.11 Å². The largest absolute Gasteiger partial charge is 0.466 e. The summed E-state index contributed by atoms with van der Waals surface area (Å²) in [5.41, 5.74) is -1.47. The number of methoxy groups -OCH3 is 1. The number of hydrogen-bond acceptors (Lipinski definition) is 7. The molecular weight excluding hydrogens is 326 g/mol. The molecule has 2 aliphatic rings. The molecule has 3 rings (SSSR count). The molecule has 0 atom stereocenters. The van der Waals surface area contributed by atoms with Gasteiger partial charge in [-0.1, -0.05) is 6.92 Å². The molecule has 25 heavy (non-hydrogen) atoms. The van der Waals surface area contributed by atoms with Gasteiger partial charge in [-0.15, -0.1) is 0 Å². The standard InChI is InChI=1S/C17H25N3O5/c1-3-10-24-12-4-8-20(9-5-12)13-11-14(19-16(22)18-13)25-17(6-7-17)15(21)23-2/h11-12H,3-10H2,1-2H3,(H,18,19,22). The van der Waals surface area contributed by atoms with Gasteiger partial charge in [-0.25, -0.2) is 9.59 Å². The van der Waals surface area contributed by atoms with Crippen molar-refractivity contribution in [2.75, 3.05) is 31.7 Å². The van der Waals surface area contributed by atoms with Crippen LogP contribution in [0.5, 0.6) is 5.88 Å². The Morgan fingerprint density at radius 3 is 2.72 bits per heavy atom. The molecule has 1 aromatic rings. The van der Waals surface area contributed by atoms with E-state index >= 15 is 0 Å². The number of anilines is 1. The number of aromatic nitrogens is 2. The monoisotopic (exact) mass is 351 g/mol. The number of H-pyrrole nitrogens is 1. The van der Waals surface area contributed by atoms with Crippen LogP contribution in [-0.2, 0) is 14.3 Å². The lowest BCUT2D eigenvalue weighted by atomic mass is 10.1. The van der Waals surface area contributed by atoms with E-state index in [2.05, 4.69) is 21.8 Å². The van der Waals surface area contributed by atoms with Gasteiger partial charge in [-0.2, -0.15) is 4.98 Å². The van der Waals surface area contributed by atoms with Crippen molar-refractivity contribution in [2.24, 2.45) is 0 Å². The van der Waals surface area contributed by atoms with Gasteiger partial charge in [0.25, 0.3) is 0 Å². The molecule has 1 aliphatic carbocycles.